The summed E-state index contributed by atoms with van der Waals surface area (Å²) in [6.45, 7) is 3.00. The molecular formula is C10H16N4O2. The summed E-state index contributed by atoms with van der Waals surface area (Å²) in [6, 6.07) is 0.186. The number of carbonyl (C=O) groups excluding carboxylic acids is 1. The largest absolute Gasteiger partial charge is 0.390 e. The Balaban J connectivity index is 2.06. The SMILES string of the molecule is CC(=O)N1CCC[C@H](n2cc(CO)nn2)C1. The standard InChI is InChI=1S/C10H16N4O2/c1-8(16)13-4-2-3-10(6-13)14-5-9(7-15)11-12-14/h5,10,15H,2-4,6-7H2,1H3/t10-/m0/s1. The van der Waals surface area contributed by atoms with Crippen LogP contribution in [0, 0.1) is 0 Å². The summed E-state index contributed by atoms with van der Waals surface area (Å²) in [6.07, 6.45) is 3.73. The van der Waals surface area contributed by atoms with Gasteiger partial charge in [-0.1, -0.05) is 5.21 Å². The first-order chi connectivity index (χ1) is 7.70. The van der Waals surface area contributed by atoms with E-state index in [0.29, 0.717) is 12.2 Å². The molecule has 0 aromatic carbocycles. The van der Waals surface area contributed by atoms with Crippen LogP contribution in [0.2, 0.25) is 0 Å². The Morgan fingerprint density at radius 1 is 1.69 bits per heavy atom. The minimum absolute atomic E-state index is 0.0941. The molecule has 1 fully saturated rings. The van der Waals surface area contributed by atoms with Crippen molar-refractivity contribution in [1.29, 1.82) is 0 Å². The van der Waals surface area contributed by atoms with E-state index in [0.717, 1.165) is 19.4 Å². The summed E-state index contributed by atoms with van der Waals surface area (Å²) in [4.78, 5) is 13.1. The number of hydrogen-bond donors (Lipinski definition) is 1. The van der Waals surface area contributed by atoms with E-state index in [1.54, 1.807) is 17.8 Å². The summed E-state index contributed by atoms with van der Waals surface area (Å²) < 4.78 is 1.75. The van der Waals surface area contributed by atoms with Crippen molar-refractivity contribution in [3.8, 4) is 0 Å². The Bertz CT molecular complexity index is 377. The van der Waals surface area contributed by atoms with Crippen molar-refractivity contribution in [2.75, 3.05) is 13.1 Å². The molecule has 1 aromatic heterocycles. The second-order valence-corrected chi connectivity index (χ2v) is 4.11. The van der Waals surface area contributed by atoms with Crippen molar-refractivity contribution in [2.24, 2.45) is 0 Å². The molecule has 1 aliphatic heterocycles. The molecule has 0 spiro atoms. The number of aromatic nitrogens is 3. The molecule has 2 heterocycles. The highest BCUT2D eigenvalue weighted by Gasteiger charge is 2.23. The van der Waals surface area contributed by atoms with Gasteiger partial charge in [0.05, 0.1) is 18.8 Å². The Morgan fingerprint density at radius 2 is 2.50 bits per heavy atom. The van der Waals surface area contributed by atoms with Crippen molar-refractivity contribution >= 4 is 5.91 Å². The number of aliphatic hydroxyl groups excluding tert-OH is 1. The molecular weight excluding hydrogens is 208 g/mol. The van der Waals surface area contributed by atoms with Crippen LogP contribution in [0.4, 0.5) is 0 Å². The van der Waals surface area contributed by atoms with Gasteiger partial charge in [0.25, 0.3) is 0 Å². The fraction of sp³-hybridized carbons (Fsp3) is 0.700. The highest BCUT2D eigenvalue weighted by Crippen LogP contribution is 2.20. The van der Waals surface area contributed by atoms with Crippen molar-refractivity contribution in [2.45, 2.75) is 32.4 Å². The highest BCUT2D eigenvalue weighted by atomic mass is 16.3. The first-order valence-electron chi connectivity index (χ1n) is 5.48. The van der Waals surface area contributed by atoms with Crippen LogP contribution in [0.3, 0.4) is 0 Å². The molecule has 0 radical (unpaired) electrons. The average molecular weight is 224 g/mol. The minimum Gasteiger partial charge on any atom is -0.390 e. The molecule has 1 atom stereocenters. The monoisotopic (exact) mass is 224 g/mol. The van der Waals surface area contributed by atoms with Crippen molar-refractivity contribution < 1.29 is 9.90 Å². The van der Waals surface area contributed by atoms with E-state index in [1.165, 1.54) is 0 Å². The van der Waals surface area contributed by atoms with Gasteiger partial charge in [0.2, 0.25) is 5.91 Å². The maximum Gasteiger partial charge on any atom is 0.219 e. The molecule has 0 unspecified atom stereocenters. The molecule has 1 saturated heterocycles. The molecule has 0 bridgehead atoms. The highest BCUT2D eigenvalue weighted by molar-refractivity contribution is 5.73. The lowest BCUT2D eigenvalue weighted by atomic mass is 10.1. The van der Waals surface area contributed by atoms with Gasteiger partial charge in [-0.25, -0.2) is 4.68 Å². The van der Waals surface area contributed by atoms with Crippen LogP contribution in [-0.2, 0) is 11.4 Å². The van der Waals surface area contributed by atoms with Crippen LogP contribution in [0.5, 0.6) is 0 Å². The van der Waals surface area contributed by atoms with Gasteiger partial charge in [-0.2, -0.15) is 0 Å². The summed E-state index contributed by atoms with van der Waals surface area (Å²) in [5.41, 5.74) is 0.569. The van der Waals surface area contributed by atoms with E-state index in [4.69, 9.17) is 5.11 Å². The summed E-state index contributed by atoms with van der Waals surface area (Å²) >= 11 is 0. The smallest absolute Gasteiger partial charge is 0.219 e. The fourth-order valence-electron chi connectivity index (χ4n) is 2.02. The second-order valence-electron chi connectivity index (χ2n) is 4.11. The van der Waals surface area contributed by atoms with Crippen LogP contribution >= 0.6 is 0 Å². The van der Waals surface area contributed by atoms with Crippen LogP contribution in [0.15, 0.2) is 6.20 Å². The molecule has 2 rings (SSSR count). The summed E-state index contributed by atoms with van der Waals surface area (Å²) in [7, 11) is 0. The third-order valence-corrected chi connectivity index (χ3v) is 2.94. The van der Waals surface area contributed by atoms with Crippen LogP contribution in [0.25, 0.3) is 0 Å². The predicted octanol–water partition coefficient (Wildman–Crippen LogP) is -0.0462. The number of amides is 1. The molecule has 1 aromatic rings. The van der Waals surface area contributed by atoms with Crippen molar-refractivity contribution in [3.05, 3.63) is 11.9 Å². The molecule has 16 heavy (non-hydrogen) atoms. The number of carbonyl (C=O) groups is 1. The van der Waals surface area contributed by atoms with E-state index in [-0.39, 0.29) is 18.6 Å². The van der Waals surface area contributed by atoms with E-state index in [2.05, 4.69) is 10.3 Å². The van der Waals surface area contributed by atoms with Gasteiger partial charge in [0.15, 0.2) is 0 Å². The van der Waals surface area contributed by atoms with Gasteiger partial charge in [-0.15, -0.1) is 5.10 Å². The van der Waals surface area contributed by atoms with Crippen LogP contribution in [-0.4, -0.2) is 44.0 Å². The number of rotatable bonds is 2. The quantitative estimate of drug-likeness (QED) is 0.764. The van der Waals surface area contributed by atoms with Crippen molar-refractivity contribution in [3.63, 3.8) is 0 Å². The van der Waals surface area contributed by atoms with Gasteiger partial charge in [0.1, 0.15) is 5.69 Å². The van der Waals surface area contributed by atoms with Gasteiger partial charge < -0.3 is 10.0 Å². The normalized spacial score (nSPS) is 21.1. The van der Waals surface area contributed by atoms with Crippen LogP contribution < -0.4 is 0 Å². The van der Waals surface area contributed by atoms with E-state index >= 15 is 0 Å². The Morgan fingerprint density at radius 3 is 3.12 bits per heavy atom. The number of piperidine rings is 1. The minimum atomic E-state index is -0.0941. The number of aliphatic hydroxyl groups is 1. The maximum absolute atomic E-state index is 11.3. The number of hydrogen-bond acceptors (Lipinski definition) is 4. The van der Waals surface area contributed by atoms with E-state index < -0.39 is 0 Å². The molecule has 0 aliphatic carbocycles. The van der Waals surface area contributed by atoms with Gasteiger partial charge in [0, 0.05) is 20.0 Å². The third-order valence-electron chi connectivity index (χ3n) is 2.94. The molecule has 6 heteroatoms. The maximum atomic E-state index is 11.3. The molecule has 1 amide bonds. The molecule has 1 aliphatic rings. The zero-order chi connectivity index (χ0) is 11.5. The average Bonchev–Trinajstić information content (AvgIpc) is 2.77. The predicted molar refractivity (Wildman–Crippen MR) is 56.5 cm³/mol. The Kier molecular flexibility index (Phi) is 3.19. The van der Waals surface area contributed by atoms with Gasteiger partial charge in [-0.05, 0) is 12.8 Å². The van der Waals surface area contributed by atoms with Gasteiger partial charge >= 0.3 is 0 Å². The molecule has 88 valence electrons. The molecule has 6 nitrogen and oxygen atoms in total. The van der Waals surface area contributed by atoms with Crippen LogP contribution in [0.1, 0.15) is 31.5 Å². The topological polar surface area (TPSA) is 71.2 Å². The second kappa shape index (κ2) is 4.61. The molecule has 0 saturated carbocycles. The Labute approximate surface area is 93.9 Å². The van der Waals surface area contributed by atoms with E-state index in [1.807, 2.05) is 4.90 Å². The fourth-order valence-corrected chi connectivity index (χ4v) is 2.02. The summed E-state index contributed by atoms with van der Waals surface area (Å²) in [5.74, 6) is 0.104. The lowest BCUT2D eigenvalue weighted by Crippen LogP contribution is -2.39. The number of nitrogens with zero attached hydrogens (tertiary/aromatic N) is 4. The third kappa shape index (κ3) is 2.21. The lowest BCUT2D eigenvalue weighted by Gasteiger charge is -2.31. The van der Waals surface area contributed by atoms with E-state index in [9.17, 15) is 4.79 Å². The zero-order valence-corrected chi connectivity index (χ0v) is 9.33. The first-order valence-corrected chi connectivity index (χ1v) is 5.48. The lowest BCUT2D eigenvalue weighted by molar-refractivity contribution is -0.130. The number of likely N-dealkylation sites (tertiary alicyclic amines) is 1. The van der Waals surface area contributed by atoms with Crippen molar-refractivity contribution in [1.82, 2.24) is 19.9 Å². The summed E-state index contributed by atoms with van der Waals surface area (Å²) in [5, 5.41) is 16.7. The van der Waals surface area contributed by atoms with Gasteiger partial charge in [-0.3, -0.25) is 4.79 Å². The first kappa shape index (κ1) is 11.1. The zero-order valence-electron chi connectivity index (χ0n) is 9.33. The Hall–Kier alpha value is -1.43. The molecule has 1 N–H and O–H groups in total.